The lowest BCUT2D eigenvalue weighted by Gasteiger charge is -2.36. The van der Waals surface area contributed by atoms with Crippen LogP contribution in [0.5, 0.6) is 0 Å². The highest BCUT2D eigenvalue weighted by atomic mass is 32.2. The van der Waals surface area contributed by atoms with E-state index in [4.69, 9.17) is 0 Å². The number of amides is 1. The van der Waals surface area contributed by atoms with Crippen LogP contribution in [0.15, 0.2) is 30.5 Å². The Hall–Kier alpha value is -2.72. The monoisotopic (exact) mass is 437 g/mol. The second-order valence-corrected chi connectivity index (χ2v) is 8.69. The van der Waals surface area contributed by atoms with Crippen molar-refractivity contribution in [1.29, 1.82) is 5.26 Å². The van der Waals surface area contributed by atoms with Crippen LogP contribution in [0.1, 0.15) is 53.7 Å². The van der Waals surface area contributed by atoms with Gasteiger partial charge in [-0.1, -0.05) is 38.3 Å². The van der Waals surface area contributed by atoms with E-state index in [2.05, 4.69) is 47.5 Å². The highest BCUT2D eigenvalue weighted by Crippen LogP contribution is 2.23. The number of unbranched alkanes of at least 4 members (excludes halogenated alkanes) is 1. The van der Waals surface area contributed by atoms with Crippen LogP contribution >= 0.6 is 11.9 Å². The maximum atomic E-state index is 13.1. The van der Waals surface area contributed by atoms with Gasteiger partial charge in [0.2, 0.25) is 0 Å². The van der Waals surface area contributed by atoms with Crippen molar-refractivity contribution in [2.75, 3.05) is 41.6 Å². The van der Waals surface area contributed by atoms with Crippen LogP contribution in [0.25, 0.3) is 0 Å². The fourth-order valence-corrected chi connectivity index (χ4v) is 4.51. The molecule has 164 valence electrons. The molecule has 1 N–H and O–H groups in total. The quantitative estimate of drug-likeness (QED) is 0.479. The number of hydrogen-bond acceptors (Lipinski definition) is 6. The lowest BCUT2D eigenvalue weighted by molar-refractivity contribution is 0.0746. The Bertz CT molecular complexity index is 947. The molecular weight excluding hydrogens is 406 g/mol. The first-order valence-electron chi connectivity index (χ1n) is 11.0. The van der Waals surface area contributed by atoms with Gasteiger partial charge < -0.3 is 14.5 Å². The molecule has 0 saturated carbocycles. The summed E-state index contributed by atoms with van der Waals surface area (Å²) in [6.45, 7) is 9.09. The number of aromatic nitrogens is 1. The topological polar surface area (TPSA) is 72.3 Å². The van der Waals surface area contributed by atoms with Crippen LogP contribution in [-0.4, -0.2) is 47.7 Å². The minimum atomic E-state index is -0.0765. The van der Waals surface area contributed by atoms with Gasteiger partial charge in [0.1, 0.15) is 11.9 Å². The van der Waals surface area contributed by atoms with E-state index in [1.807, 2.05) is 17.2 Å². The van der Waals surface area contributed by atoms with Gasteiger partial charge in [-0.2, -0.15) is 5.26 Å². The summed E-state index contributed by atoms with van der Waals surface area (Å²) in [7, 11) is 0. The third-order valence-electron chi connectivity index (χ3n) is 5.54. The fourth-order valence-electron chi connectivity index (χ4n) is 3.68. The summed E-state index contributed by atoms with van der Waals surface area (Å²) in [6.07, 6.45) is 5.21. The molecule has 0 radical (unpaired) electrons. The van der Waals surface area contributed by atoms with E-state index in [9.17, 15) is 10.1 Å². The molecule has 0 aliphatic carbocycles. The third-order valence-corrected chi connectivity index (χ3v) is 6.42. The molecule has 1 aromatic carbocycles. The van der Waals surface area contributed by atoms with E-state index < -0.39 is 0 Å². The minimum Gasteiger partial charge on any atom is -0.353 e. The largest absolute Gasteiger partial charge is 0.353 e. The molecule has 1 fully saturated rings. The number of pyridine rings is 1. The highest BCUT2D eigenvalue weighted by Gasteiger charge is 2.25. The Balaban J connectivity index is 1.63. The van der Waals surface area contributed by atoms with Gasteiger partial charge in [0.15, 0.2) is 0 Å². The van der Waals surface area contributed by atoms with Crippen molar-refractivity contribution in [2.24, 2.45) is 0 Å². The number of nitrogens with zero attached hydrogens (tertiary/aromatic N) is 4. The number of carbonyl (C=O) groups excluding carboxylic acids is 1. The van der Waals surface area contributed by atoms with Crippen molar-refractivity contribution in [3.05, 3.63) is 52.7 Å². The normalized spacial score (nSPS) is 13.7. The number of rotatable bonds is 8. The Kier molecular flexibility index (Phi) is 8.19. The molecule has 0 atom stereocenters. The molecule has 1 amide bonds. The van der Waals surface area contributed by atoms with Crippen molar-refractivity contribution in [2.45, 2.75) is 40.0 Å². The Labute approximate surface area is 189 Å². The van der Waals surface area contributed by atoms with Gasteiger partial charge in [-0.3, -0.25) is 4.79 Å². The maximum absolute atomic E-state index is 13.1. The van der Waals surface area contributed by atoms with Crippen LogP contribution < -0.4 is 9.62 Å². The Morgan fingerprint density at radius 3 is 2.65 bits per heavy atom. The van der Waals surface area contributed by atoms with Crippen LogP contribution in [0.4, 0.5) is 11.5 Å². The van der Waals surface area contributed by atoms with Gasteiger partial charge in [0, 0.05) is 43.8 Å². The SMILES string of the molecule is CCCCSNc1ccc(C(=O)N2CCN(c3ncc(CC)cc3C)CC2)c(C#N)c1. The average Bonchev–Trinajstić information content (AvgIpc) is 2.81. The molecule has 6 nitrogen and oxygen atoms in total. The first-order valence-corrected chi connectivity index (χ1v) is 12.0. The zero-order chi connectivity index (χ0) is 22.2. The van der Waals surface area contributed by atoms with Gasteiger partial charge in [0.25, 0.3) is 5.91 Å². The van der Waals surface area contributed by atoms with Crippen LogP contribution in [0.2, 0.25) is 0 Å². The Morgan fingerprint density at radius 2 is 2.00 bits per heavy atom. The summed E-state index contributed by atoms with van der Waals surface area (Å²) in [5.74, 6) is 1.93. The molecule has 1 aliphatic heterocycles. The second kappa shape index (κ2) is 11.1. The van der Waals surface area contributed by atoms with Crippen molar-refractivity contribution in [3.63, 3.8) is 0 Å². The molecule has 0 spiro atoms. The predicted octanol–water partition coefficient (Wildman–Crippen LogP) is 4.65. The summed E-state index contributed by atoms with van der Waals surface area (Å²) >= 11 is 1.63. The second-order valence-electron chi connectivity index (χ2n) is 7.79. The molecule has 31 heavy (non-hydrogen) atoms. The van der Waals surface area contributed by atoms with Crippen LogP contribution in [0, 0.1) is 18.3 Å². The highest BCUT2D eigenvalue weighted by molar-refractivity contribution is 8.00. The number of aryl methyl sites for hydroxylation is 2. The third kappa shape index (κ3) is 5.71. The van der Waals surface area contributed by atoms with E-state index >= 15 is 0 Å². The van der Waals surface area contributed by atoms with Crippen LogP contribution in [0.3, 0.4) is 0 Å². The van der Waals surface area contributed by atoms with Crippen molar-refractivity contribution < 1.29 is 4.79 Å². The van der Waals surface area contributed by atoms with E-state index in [0.29, 0.717) is 24.2 Å². The number of carbonyl (C=O) groups is 1. The summed E-state index contributed by atoms with van der Waals surface area (Å²) in [6, 6.07) is 9.80. The number of piperazine rings is 1. The van der Waals surface area contributed by atoms with Gasteiger partial charge in [-0.05, 0) is 49.1 Å². The summed E-state index contributed by atoms with van der Waals surface area (Å²) in [5, 5.41) is 9.59. The molecule has 0 unspecified atom stereocenters. The summed E-state index contributed by atoms with van der Waals surface area (Å²) in [4.78, 5) is 21.8. The Morgan fingerprint density at radius 1 is 1.23 bits per heavy atom. The molecular formula is C24H31N5OS. The molecule has 3 rings (SSSR count). The van der Waals surface area contributed by atoms with Crippen molar-refractivity contribution in [3.8, 4) is 6.07 Å². The standard InChI is InChI=1S/C24H31N5OS/c1-4-6-13-31-27-21-7-8-22(20(15-21)16-25)24(30)29-11-9-28(10-12-29)23-18(3)14-19(5-2)17-26-23/h7-8,14-15,17,27H,4-6,9-13H2,1-3H3. The zero-order valence-electron chi connectivity index (χ0n) is 18.6. The number of nitriles is 1. The van der Waals surface area contributed by atoms with Gasteiger partial charge in [-0.25, -0.2) is 4.98 Å². The predicted molar refractivity (Wildman–Crippen MR) is 129 cm³/mol. The number of benzene rings is 1. The molecule has 1 aromatic heterocycles. The van der Waals surface area contributed by atoms with Gasteiger partial charge in [0.05, 0.1) is 11.1 Å². The number of anilines is 2. The van der Waals surface area contributed by atoms with Crippen LogP contribution in [-0.2, 0) is 6.42 Å². The molecule has 2 heterocycles. The van der Waals surface area contributed by atoms with Gasteiger partial charge in [-0.15, -0.1) is 0 Å². The van der Waals surface area contributed by atoms with Crippen molar-refractivity contribution >= 4 is 29.4 Å². The maximum Gasteiger partial charge on any atom is 0.255 e. The van der Waals surface area contributed by atoms with Gasteiger partial charge >= 0.3 is 0 Å². The lowest BCUT2D eigenvalue weighted by atomic mass is 10.1. The average molecular weight is 438 g/mol. The molecule has 1 aliphatic rings. The number of nitrogens with one attached hydrogen (secondary N) is 1. The first-order chi connectivity index (χ1) is 15.1. The summed E-state index contributed by atoms with van der Waals surface area (Å²) in [5.41, 5.74) is 4.16. The van der Waals surface area contributed by atoms with E-state index in [-0.39, 0.29) is 5.91 Å². The van der Waals surface area contributed by atoms with E-state index in [1.165, 1.54) is 11.1 Å². The number of hydrogen-bond donors (Lipinski definition) is 1. The molecule has 0 bridgehead atoms. The molecule has 7 heteroatoms. The first kappa shape index (κ1) is 23.0. The molecule has 2 aromatic rings. The van der Waals surface area contributed by atoms with E-state index in [0.717, 1.165) is 49.6 Å². The smallest absolute Gasteiger partial charge is 0.255 e. The zero-order valence-corrected chi connectivity index (χ0v) is 19.5. The molecule has 1 saturated heterocycles. The van der Waals surface area contributed by atoms with Crippen molar-refractivity contribution in [1.82, 2.24) is 9.88 Å². The summed E-state index contributed by atoms with van der Waals surface area (Å²) < 4.78 is 3.26. The minimum absolute atomic E-state index is 0.0765. The lowest BCUT2D eigenvalue weighted by Crippen LogP contribution is -2.49. The fraction of sp³-hybridized carbons (Fsp3) is 0.458. The van der Waals surface area contributed by atoms with E-state index in [1.54, 1.807) is 24.1 Å².